The van der Waals surface area contributed by atoms with Gasteiger partial charge in [0.15, 0.2) is 16.4 Å². The van der Waals surface area contributed by atoms with Crippen LogP contribution in [0.15, 0.2) is 26.0 Å². The molecule has 6 nitrogen and oxygen atoms in total. The molecule has 2 rings (SSSR count). The van der Waals surface area contributed by atoms with Crippen LogP contribution in [0.5, 0.6) is 5.75 Å². The quantitative estimate of drug-likeness (QED) is 0.842. The van der Waals surface area contributed by atoms with E-state index in [0.29, 0.717) is 11.1 Å². The van der Waals surface area contributed by atoms with Crippen LogP contribution in [-0.2, 0) is 10.0 Å². The second-order valence-corrected chi connectivity index (χ2v) is 6.93. The van der Waals surface area contributed by atoms with Crippen molar-refractivity contribution < 1.29 is 22.1 Å². The van der Waals surface area contributed by atoms with Crippen molar-refractivity contribution >= 4 is 31.6 Å². The monoisotopic (exact) mass is 392 g/mol. The lowest BCUT2D eigenvalue weighted by atomic mass is 10.3. The highest BCUT2D eigenvalue weighted by Gasteiger charge is 2.26. The van der Waals surface area contributed by atoms with Gasteiger partial charge in [0.2, 0.25) is 0 Å². The number of hydrogen-bond acceptors (Lipinski definition) is 5. The van der Waals surface area contributed by atoms with Crippen LogP contribution in [0.25, 0.3) is 0 Å². The number of aryl methyl sites for hydroxylation is 2. The average Bonchev–Trinajstić information content (AvgIpc) is 2.73. The van der Waals surface area contributed by atoms with Gasteiger partial charge in [-0.1, -0.05) is 5.16 Å². The molecule has 9 heteroatoms. The number of anilines is 1. The minimum Gasteiger partial charge on any atom is -0.490 e. The molecule has 2 aromatic rings. The SMILES string of the molecule is CCOc1c(Br)cc(F)cc1NS(=O)(=O)c1c(C)noc1C. The van der Waals surface area contributed by atoms with Gasteiger partial charge in [-0.3, -0.25) is 4.72 Å². The maximum absolute atomic E-state index is 13.6. The molecule has 1 heterocycles. The Morgan fingerprint density at radius 1 is 1.41 bits per heavy atom. The summed E-state index contributed by atoms with van der Waals surface area (Å²) in [5.41, 5.74) is 0.215. The Labute approximate surface area is 135 Å². The Kier molecular flexibility index (Phi) is 4.76. The molecule has 1 aromatic carbocycles. The summed E-state index contributed by atoms with van der Waals surface area (Å²) >= 11 is 3.15. The number of nitrogens with one attached hydrogen (secondary N) is 1. The fraction of sp³-hybridized carbons (Fsp3) is 0.308. The van der Waals surface area contributed by atoms with E-state index in [1.807, 2.05) is 0 Å². The first kappa shape index (κ1) is 16.8. The van der Waals surface area contributed by atoms with Crippen LogP contribution in [0.3, 0.4) is 0 Å². The first-order valence-corrected chi connectivity index (χ1v) is 8.61. The highest BCUT2D eigenvalue weighted by molar-refractivity contribution is 9.10. The number of sulfonamides is 1. The van der Waals surface area contributed by atoms with Crippen molar-refractivity contribution in [3.05, 3.63) is 33.9 Å². The van der Waals surface area contributed by atoms with E-state index in [-0.39, 0.29) is 27.8 Å². The molecule has 0 fully saturated rings. The zero-order chi connectivity index (χ0) is 16.5. The van der Waals surface area contributed by atoms with Crippen molar-refractivity contribution in [2.24, 2.45) is 0 Å². The number of aromatic nitrogens is 1. The molecule has 0 saturated carbocycles. The van der Waals surface area contributed by atoms with Gasteiger partial charge in [-0.2, -0.15) is 0 Å². The van der Waals surface area contributed by atoms with E-state index in [1.165, 1.54) is 19.9 Å². The van der Waals surface area contributed by atoms with E-state index in [9.17, 15) is 12.8 Å². The molecule has 0 aliphatic rings. The Morgan fingerprint density at radius 2 is 2.09 bits per heavy atom. The number of rotatable bonds is 5. The average molecular weight is 393 g/mol. The van der Waals surface area contributed by atoms with Crippen molar-refractivity contribution in [3.8, 4) is 5.75 Å². The molecule has 0 saturated heterocycles. The van der Waals surface area contributed by atoms with Crippen LogP contribution in [0.4, 0.5) is 10.1 Å². The molecule has 22 heavy (non-hydrogen) atoms. The number of hydrogen-bond donors (Lipinski definition) is 1. The Hall–Kier alpha value is -1.61. The van der Waals surface area contributed by atoms with Crippen molar-refractivity contribution in [1.82, 2.24) is 5.16 Å². The van der Waals surface area contributed by atoms with E-state index in [0.717, 1.165) is 6.07 Å². The van der Waals surface area contributed by atoms with Crippen LogP contribution in [-0.4, -0.2) is 20.2 Å². The smallest absolute Gasteiger partial charge is 0.267 e. The van der Waals surface area contributed by atoms with Gasteiger partial charge in [-0.15, -0.1) is 0 Å². The lowest BCUT2D eigenvalue weighted by Gasteiger charge is -2.14. The fourth-order valence-electron chi connectivity index (χ4n) is 1.98. The highest BCUT2D eigenvalue weighted by atomic mass is 79.9. The summed E-state index contributed by atoms with van der Waals surface area (Å²) in [7, 11) is -3.98. The molecule has 0 spiro atoms. The first-order chi connectivity index (χ1) is 10.3. The maximum atomic E-state index is 13.6. The molecular weight excluding hydrogens is 379 g/mol. The van der Waals surface area contributed by atoms with Gasteiger partial charge in [-0.25, -0.2) is 12.8 Å². The third-order valence-corrected chi connectivity index (χ3v) is 4.98. The van der Waals surface area contributed by atoms with Crippen LogP contribution < -0.4 is 9.46 Å². The van der Waals surface area contributed by atoms with Crippen LogP contribution >= 0.6 is 15.9 Å². The standard InChI is InChI=1S/C13H14BrFN2O4S/c1-4-20-12-10(14)5-9(15)6-11(12)17-22(18,19)13-7(2)16-21-8(13)3/h5-6,17H,4H2,1-3H3. The lowest BCUT2D eigenvalue weighted by molar-refractivity contribution is 0.339. The van der Waals surface area contributed by atoms with E-state index in [2.05, 4.69) is 25.8 Å². The van der Waals surface area contributed by atoms with Crippen molar-refractivity contribution in [2.45, 2.75) is 25.7 Å². The molecule has 1 N–H and O–H groups in total. The van der Waals surface area contributed by atoms with E-state index in [4.69, 9.17) is 9.26 Å². The van der Waals surface area contributed by atoms with Gasteiger partial charge in [-0.05, 0) is 42.8 Å². The second kappa shape index (κ2) is 6.25. The first-order valence-electron chi connectivity index (χ1n) is 6.33. The van der Waals surface area contributed by atoms with E-state index >= 15 is 0 Å². The summed E-state index contributed by atoms with van der Waals surface area (Å²) < 4.78 is 51.4. The van der Waals surface area contributed by atoms with Crippen LogP contribution in [0.2, 0.25) is 0 Å². The zero-order valence-corrected chi connectivity index (χ0v) is 14.5. The Morgan fingerprint density at radius 3 is 2.64 bits per heavy atom. The third kappa shape index (κ3) is 3.25. The molecule has 0 aliphatic carbocycles. The minimum absolute atomic E-state index is 0.00581. The van der Waals surface area contributed by atoms with E-state index in [1.54, 1.807) is 6.92 Å². The molecule has 0 bridgehead atoms. The molecule has 0 unspecified atom stereocenters. The van der Waals surface area contributed by atoms with Crippen LogP contribution in [0, 0.1) is 19.7 Å². The molecule has 0 amide bonds. The van der Waals surface area contributed by atoms with Crippen molar-refractivity contribution in [3.63, 3.8) is 0 Å². The van der Waals surface area contributed by atoms with Gasteiger partial charge in [0, 0.05) is 6.07 Å². The van der Waals surface area contributed by atoms with Gasteiger partial charge in [0.05, 0.1) is 16.8 Å². The van der Waals surface area contributed by atoms with Gasteiger partial charge < -0.3 is 9.26 Å². The molecule has 0 aliphatic heterocycles. The highest BCUT2D eigenvalue weighted by Crippen LogP contribution is 2.36. The molecule has 1 aromatic heterocycles. The summed E-state index contributed by atoms with van der Waals surface area (Å²) in [5, 5.41) is 3.61. The zero-order valence-electron chi connectivity index (χ0n) is 12.1. The molecule has 0 atom stereocenters. The topological polar surface area (TPSA) is 81.4 Å². The predicted octanol–water partition coefficient (Wildman–Crippen LogP) is 3.39. The lowest BCUT2D eigenvalue weighted by Crippen LogP contribution is -2.15. The number of nitrogens with zero attached hydrogens (tertiary/aromatic N) is 1. The number of halogens is 2. The third-order valence-electron chi connectivity index (χ3n) is 2.78. The van der Waals surface area contributed by atoms with Gasteiger partial charge in [0.1, 0.15) is 11.5 Å². The number of ether oxygens (including phenoxy) is 1. The summed E-state index contributed by atoms with van der Waals surface area (Å²) in [6.07, 6.45) is 0. The Bertz CT molecular complexity index is 785. The molecule has 120 valence electrons. The van der Waals surface area contributed by atoms with Gasteiger partial charge in [0.25, 0.3) is 10.0 Å². The largest absolute Gasteiger partial charge is 0.490 e. The van der Waals surface area contributed by atoms with Crippen molar-refractivity contribution in [1.29, 1.82) is 0 Å². The summed E-state index contributed by atoms with van der Waals surface area (Å²) in [6, 6.07) is 2.24. The molecular formula is C13H14BrFN2O4S. The summed E-state index contributed by atoms with van der Waals surface area (Å²) in [5.74, 6) is -0.246. The van der Waals surface area contributed by atoms with Crippen molar-refractivity contribution in [2.75, 3.05) is 11.3 Å². The van der Waals surface area contributed by atoms with Gasteiger partial charge >= 0.3 is 0 Å². The number of benzene rings is 1. The predicted molar refractivity (Wildman–Crippen MR) is 82.1 cm³/mol. The summed E-state index contributed by atoms with van der Waals surface area (Å²) in [4.78, 5) is -0.0738. The normalized spacial score (nSPS) is 11.5. The van der Waals surface area contributed by atoms with Crippen LogP contribution in [0.1, 0.15) is 18.4 Å². The van der Waals surface area contributed by atoms with E-state index < -0.39 is 15.8 Å². The molecule has 0 radical (unpaired) electrons. The fourth-order valence-corrected chi connectivity index (χ4v) is 3.91. The Balaban J connectivity index is 2.50. The maximum Gasteiger partial charge on any atom is 0.267 e. The second-order valence-electron chi connectivity index (χ2n) is 4.46. The minimum atomic E-state index is -3.98. The summed E-state index contributed by atoms with van der Waals surface area (Å²) in [6.45, 7) is 5.03.